The van der Waals surface area contributed by atoms with Crippen LogP contribution in [-0.2, 0) is 0 Å². The number of hydrogen-bond acceptors (Lipinski definition) is 1. The molecule has 0 saturated heterocycles. The molecule has 9 heavy (non-hydrogen) atoms. The lowest BCUT2D eigenvalue weighted by Gasteiger charge is -1.55. The predicted molar refractivity (Wildman–Crippen MR) is 27.8 cm³/mol. The third kappa shape index (κ3) is 11.0. The fourth-order valence-corrected chi connectivity index (χ4v) is 0.227. The van der Waals surface area contributed by atoms with Gasteiger partial charge in [0.25, 0.3) is 0 Å². The van der Waals surface area contributed by atoms with Crippen LogP contribution in [0, 0.1) is 0 Å². The van der Waals surface area contributed by atoms with Crippen molar-refractivity contribution in [3.63, 3.8) is 0 Å². The first-order chi connectivity index (χ1) is 4.23. The molecular weight excluding hydrogens is 132 g/mol. The maximum absolute atomic E-state index is 9.67. The summed E-state index contributed by atoms with van der Waals surface area (Å²) in [5, 5.41) is 0. The van der Waals surface area contributed by atoms with Crippen LogP contribution >= 0.6 is 0 Å². The van der Waals surface area contributed by atoms with Gasteiger partial charge < -0.3 is 4.42 Å². The number of halogens is 3. The van der Waals surface area contributed by atoms with E-state index in [4.69, 9.17) is 0 Å². The minimum atomic E-state index is -3.67. The molecule has 0 radical (unpaired) electrons. The van der Waals surface area contributed by atoms with E-state index < -0.39 is 7.54 Å². The lowest BCUT2D eigenvalue weighted by Crippen LogP contribution is -1.76. The second kappa shape index (κ2) is 5.28. The molecule has 0 fully saturated rings. The highest BCUT2D eigenvalue weighted by molar-refractivity contribution is 6.33. The lowest BCUT2D eigenvalue weighted by molar-refractivity contribution is 0.535. The summed E-state index contributed by atoms with van der Waals surface area (Å²) in [6.45, 7) is 0. The van der Waals surface area contributed by atoms with E-state index >= 15 is 0 Å². The zero-order valence-electron chi connectivity index (χ0n) is 4.43. The predicted octanol–water partition coefficient (Wildman–Crippen LogP) is 2.16. The molecule has 0 bridgehead atoms. The molecule has 0 amide bonds. The number of furan rings is 1. The Morgan fingerprint density at radius 1 is 1.00 bits per heavy atom. The van der Waals surface area contributed by atoms with Crippen molar-refractivity contribution < 1.29 is 17.4 Å². The summed E-state index contributed by atoms with van der Waals surface area (Å²) in [6, 6.07) is 3.67. The van der Waals surface area contributed by atoms with Gasteiger partial charge in [0.2, 0.25) is 0 Å². The minimum Gasteiger partial charge on any atom is -0.473 e. The van der Waals surface area contributed by atoms with E-state index in [0.29, 0.717) is 0 Å². The smallest absolute Gasteiger partial charge is 0.473 e. The molecule has 0 aromatic carbocycles. The third-order valence-electron chi connectivity index (χ3n) is 0.425. The van der Waals surface area contributed by atoms with E-state index in [1.54, 1.807) is 12.5 Å². The van der Waals surface area contributed by atoms with Crippen LogP contribution < -0.4 is 0 Å². The Morgan fingerprint density at radius 3 is 1.44 bits per heavy atom. The first kappa shape index (κ1) is 8.13. The first-order valence-corrected chi connectivity index (χ1v) is 2.13. The molecule has 1 aromatic rings. The van der Waals surface area contributed by atoms with Crippen molar-refractivity contribution in [1.29, 1.82) is 0 Å². The SMILES string of the molecule is FB(F)F.c1ccoc1. The van der Waals surface area contributed by atoms with Gasteiger partial charge in [0.1, 0.15) is 0 Å². The average molecular weight is 136 g/mol. The van der Waals surface area contributed by atoms with Crippen LogP contribution in [0.25, 0.3) is 0 Å². The summed E-state index contributed by atoms with van der Waals surface area (Å²) in [7, 11) is -3.67. The Labute approximate surface area is 50.7 Å². The molecule has 0 N–H and O–H groups in total. The number of hydrogen-bond donors (Lipinski definition) is 0. The monoisotopic (exact) mass is 136 g/mol. The van der Waals surface area contributed by atoms with E-state index in [1.165, 1.54) is 0 Å². The van der Waals surface area contributed by atoms with Crippen LogP contribution in [0.3, 0.4) is 0 Å². The Hall–Kier alpha value is -0.865. The molecule has 50 valence electrons. The molecule has 1 nitrogen and oxygen atoms in total. The molecule has 0 saturated carbocycles. The van der Waals surface area contributed by atoms with Crippen LogP contribution in [0.2, 0.25) is 0 Å². The van der Waals surface area contributed by atoms with Gasteiger partial charge in [-0.3, -0.25) is 12.9 Å². The van der Waals surface area contributed by atoms with E-state index in [0.717, 1.165) is 0 Å². The Kier molecular flexibility index (Phi) is 4.77. The molecule has 5 heteroatoms. The Morgan fingerprint density at radius 2 is 1.33 bits per heavy atom. The molecule has 0 aliphatic heterocycles. The Bertz CT molecular complexity index is 99.4. The third-order valence-corrected chi connectivity index (χ3v) is 0.425. The van der Waals surface area contributed by atoms with Crippen LogP contribution in [0.4, 0.5) is 12.9 Å². The zero-order valence-corrected chi connectivity index (χ0v) is 4.43. The maximum atomic E-state index is 9.67. The van der Waals surface area contributed by atoms with Gasteiger partial charge in [-0.25, -0.2) is 0 Å². The summed E-state index contributed by atoms with van der Waals surface area (Å²) in [6.07, 6.45) is 3.25. The molecule has 1 heterocycles. The van der Waals surface area contributed by atoms with E-state index in [2.05, 4.69) is 4.42 Å². The Balaban J connectivity index is 0.000000148. The van der Waals surface area contributed by atoms with Crippen molar-refractivity contribution in [2.75, 3.05) is 0 Å². The van der Waals surface area contributed by atoms with Crippen molar-refractivity contribution in [3.05, 3.63) is 24.7 Å². The van der Waals surface area contributed by atoms with Gasteiger partial charge in [0, 0.05) is 0 Å². The molecule has 1 aromatic heterocycles. The fourth-order valence-electron chi connectivity index (χ4n) is 0.227. The van der Waals surface area contributed by atoms with Crippen molar-refractivity contribution in [2.45, 2.75) is 0 Å². The van der Waals surface area contributed by atoms with Gasteiger partial charge >= 0.3 is 7.54 Å². The summed E-state index contributed by atoms with van der Waals surface area (Å²) in [4.78, 5) is 0. The van der Waals surface area contributed by atoms with Crippen molar-refractivity contribution in [1.82, 2.24) is 0 Å². The molecule has 1 rings (SSSR count). The highest BCUT2D eigenvalue weighted by atomic mass is 19.4. The zero-order chi connectivity index (χ0) is 7.11. The molecule has 0 aliphatic rings. The number of rotatable bonds is 0. The largest absolute Gasteiger partial charge is 0.762 e. The summed E-state index contributed by atoms with van der Waals surface area (Å²) < 4.78 is 33.6. The quantitative estimate of drug-likeness (QED) is 0.498. The van der Waals surface area contributed by atoms with Gasteiger partial charge in [-0.1, -0.05) is 0 Å². The lowest BCUT2D eigenvalue weighted by atomic mass is 10.5. The maximum Gasteiger partial charge on any atom is 0.762 e. The van der Waals surface area contributed by atoms with Crippen molar-refractivity contribution in [2.24, 2.45) is 0 Å². The molecule has 0 spiro atoms. The molecular formula is C4H4BF3O. The standard InChI is InChI=1S/C4H4O.BF3/c1-2-4-5-3-1;2-1(3)4/h1-4H;. The first-order valence-electron chi connectivity index (χ1n) is 2.13. The molecule has 0 atom stereocenters. The van der Waals surface area contributed by atoms with E-state index in [9.17, 15) is 12.9 Å². The molecule has 0 unspecified atom stereocenters. The van der Waals surface area contributed by atoms with Gasteiger partial charge in [0.05, 0.1) is 12.5 Å². The van der Waals surface area contributed by atoms with Crippen LogP contribution in [0.1, 0.15) is 0 Å². The van der Waals surface area contributed by atoms with E-state index in [1.807, 2.05) is 12.1 Å². The molecule has 0 aliphatic carbocycles. The average Bonchev–Trinajstić information content (AvgIpc) is 2.11. The van der Waals surface area contributed by atoms with Crippen LogP contribution in [0.15, 0.2) is 29.1 Å². The van der Waals surface area contributed by atoms with Gasteiger partial charge in [-0.15, -0.1) is 0 Å². The van der Waals surface area contributed by atoms with Gasteiger partial charge in [0.15, 0.2) is 0 Å². The van der Waals surface area contributed by atoms with Gasteiger partial charge in [-0.05, 0) is 12.1 Å². The summed E-state index contributed by atoms with van der Waals surface area (Å²) in [5.41, 5.74) is 0. The van der Waals surface area contributed by atoms with Crippen LogP contribution in [-0.4, -0.2) is 7.54 Å². The van der Waals surface area contributed by atoms with Crippen molar-refractivity contribution in [3.8, 4) is 0 Å². The second-order valence-electron chi connectivity index (χ2n) is 1.04. The van der Waals surface area contributed by atoms with Crippen LogP contribution in [0.5, 0.6) is 0 Å². The van der Waals surface area contributed by atoms with E-state index in [-0.39, 0.29) is 0 Å². The highest BCUT2D eigenvalue weighted by Crippen LogP contribution is 1.80. The van der Waals surface area contributed by atoms with Crippen molar-refractivity contribution >= 4 is 7.54 Å². The minimum absolute atomic E-state index is 1.62. The normalized spacial score (nSPS) is 7.44. The highest BCUT2D eigenvalue weighted by Gasteiger charge is 2.06. The topological polar surface area (TPSA) is 13.1 Å². The fraction of sp³-hybridized carbons (Fsp3) is 0. The van der Waals surface area contributed by atoms with Gasteiger partial charge in [-0.2, -0.15) is 0 Å². The summed E-state index contributed by atoms with van der Waals surface area (Å²) in [5.74, 6) is 0. The summed E-state index contributed by atoms with van der Waals surface area (Å²) >= 11 is 0. The second-order valence-corrected chi connectivity index (χ2v) is 1.04.